The van der Waals surface area contributed by atoms with Gasteiger partial charge in [-0.15, -0.1) is 0 Å². The van der Waals surface area contributed by atoms with E-state index in [-0.39, 0.29) is 0 Å². The quantitative estimate of drug-likeness (QED) is 0.793. The molecule has 0 unspecified atom stereocenters. The number of hydrogen-bond donors (Lipinski definition) is 2. The molecular weight excluding hydrogens is 208 g/mol. The van der Waals surface area contributed by atoms with Crippen LogP contribution in [0.15, 0.2) is 10.7 Å². The van der Waals surface area contributed by atoms with Crippen LogP contribution in [0.4, 0.5) is 0 Å². The third kappa shape index (κ3) is 1.69. The minimum absolute atomic E-state index is 0.334. The van der Waals surface area contributed by atoms with Crippen LogP contribution in [-0.4, -0.2) is 25.6 Å². The van der Waals surface area contributed by atoms with E-state index in [1.807, 2.05) is 13.8 Å². The van der Waals surface area contributed by atoms with Gasteiger partial charge in [-0.1, -0.05) is 19.0 Å². The van der Waals surface area contributed by atoms with E-state index in [1.54, 1.807) is 0 Å². The lowest BCUT2D eigenvalue weighted by Crippen LogP contribution is -2.36. The highest BCUT2D eigenvalue weighted by atomic mass is 16.5. The van der Waals surface area contributed by atoms with Crippen molar-refractivity contribution in [3.63, 3.8) is 0 Å². The van der Waals surface area contributed by atoms with Gasteiger partial charge in [0.2, 0.25) is 0 Å². The number of rotatable bonds is 4. The number of hydrogen-bond acceptors (Lipinski definition) is 6. The lowest BCUT2D eigenvalue weighted by molar-refractivity contribution is 0.350. The summed E-state index contributed by atoms with van der Waals surface area (Å²) in [6.07, 6.45) is 3.02. The summed E-state index contributed by atoms with van der Waals surface area (Å²) in [6, 6.07) is 0. The van der Waals surface area contributed by atoms with Crippen molar-refractivity contribution < 1.29 is 4.52 Å². The van der Waals surface area contributed by atoms with Crippen molar-refractivity contribution >= 4 is 0 Å². The Morgan fingerprint density at radius 1 is 1.44 bits per heavy atom. The average molecular weight is 222 g/mol. The van der Waals surface area contributed by atoms with Crippen molar-refractivity contribution in [2.24, 2.45) is 5.73 Å². The summed E-state index contributed by atoms with van der Waals surface area (Å²) in [7, 11) is 0. The molecule has 86 valence electrons. The van der Waals surface area contributed by atoms with Gasteiger partial charge in [0.25, 0.3) is 5.89 Å². The first kappa shape index (κ1) is 10.7. The van der Waals surface area contributed by atoms with Crippen molar-refractivity contribution in [1.29, 1.82) is 0 Å². The fraction of sp³-hybridized carbons (Fsp3) is 0.556. The Balaban J connectivity index is 2.33. The maximum absolute atomic E-state index is 6.16. The second-order valence-electron chi connectivity index (χ2n) is 3.64. The van der Waals surface area contributed by atoms with Crippen LogP contribution in [0.5, 0.6) is 0 Å². The lowest BCUT2D eigenvalue weighted by atomic mass is 9.93. The van der Waals surface area contributed by atoms with Gasteiger partial charge in [-0.3, -0.25) is 0 Å². The Bertz CT molecular complexity index is 444. The second-order valence-corrected chi connectivity index (χ2v) is 3.64. The molecule has 0 saturated heterocycles. The summed E-state index contributed by atoms with van der Waals surface area (Å²) in [5, 5.41) is 13.9. The van der Waals surface area contributed by atoms with Gasteiger partial charge < -0.3 is 10.3 Å². The molecule has 0 aliphatic carbocycles. The highest BCUT2D eigenvalue weighted by Gasteiger charge is 2.29. The van der Waals surface area contributed by atoms with Crippen LogP contribution >= 0.6 is 0 Å². The molecule has 0 bridgehead atoms. The van der Waals surface area contributed by atoms with E-state index < -0.39 is 5.54 Å². The predicted molar refractivity (Wildman–Crippen MR) is 56.1 cm³/mol. The third-order valence-electron chi connectivity index (χ3n) is 2.77. The van der Waals surface area contributed by atoms with Crippen molar-refractivity contribution in [1.82, 2.24) is 25.6 Å². The van der Waals surface area contributed by atoms with Crippen molar-refractivity contribution in [3.8, 4) is 11.6 Å². The fourth-order valence-electron chi connectivity index (χ4n) is 1.40. The molecule has 0 aliphatic rings. The summed E-state index contributed by atoms with van der Waals surface area (Å²) >= 11 is 0. The normalized spacial score (nSPS) is 11.9. The van der Waals surface area contributed by atoms with Crippen LogP contribution in [0, 0.1) is 0 Å². The Hall–Kier alpha value is -1.76. The second kappa shape index (κ2) is 4.01. The zero-order chi connectivity index (χ0) is 11.6. The van der Waals surface area contributed by atoms with Crippen molar-refractivity contribution in [2.45, 2.75) is 32.2 Å². The van der Waals surface area contributed by atoms with Crippen LogP contribution in [0.1, 0.15) is 32.5 Å². The van der Waals surface area contributed by atoms with Crippen molar-refractivity contribution in [3.05, 3.63) is 12.0 Å². The third-order valence-corrected chi connectivity index (χ3v) is 2.77. The van der Waals surface area contributed by atoms with Gasteiger partial charge in [-0.25, -0.2) is 0 Å². The smallest absolute Gasteiger partial charge is 0.280 e. The number of aromatic amines is 1. The molecule has 2 heterocycles. The summed E-state index contributed by atoms with van der Waals surface area (Å²) < 4.78 is 5.10. The number of H-pyrrole nitrogens is 1. The maximum atomic E-state index is 6.16. The lowest BCUT2D eigenvalue weighted by Gasteiger charge is -2.21. The summed E-state index contributed by atoms with van der Waals surface area (Å²) in [5.74, 6) is 0.843. The van der Waals surface area contributed by atoms with Crippen LogP contribution in [0.25, 0.3) is 11.6 Å². The number of nitrogens with one attached hydrogen (secondary N) is 1. The molecule has 0 amide bonds. The van der Waals surface area contributed by atoms with Gasteiger partial charge >= 0.3 is 0 Å². The zero-order valence-corrected chi connectivity index (χ0v) is 9.27. The van der Waals surface area contributed by atoms with E-state index in [4.69, 9.17) is 10.3 Å². The highest BCUT2D eigenvalue weighted by molar-refractivity contribution is 5.43. The standard InChI is InChI=1S/C9H14N6O/c1-3-9(10,4-2)8-12-7(16-14-8)6-5-11-15-13-6/h5H,3-4,10H2,1-2H3,(H,11,13,15). The monoisotopic (exact) mass is 222 g/mol. The van der Waals surface area contributed by atoms with E-state index in [0.717, 1.165) is 12.8 Å². The predicted octanol–water partition coefficient (Wildman–Crippen LogP) is 0.829. The fourth-order valence-corrected chi connectivity index (χ4v) is 1.40. The van der Waals surface area contributed by atoms with Crippen LogP contribution in [0.2, 0.25) is 0 Å². The maximum Gasteiger partial charge on any atom is 0.280 e. The molecular formula is C9H14N6O. The molecule has 16 heavy (non-hydrogen) atoms. The van der Waals surface area contributed by atoms with E-state index >= 15 is 0 Å². The van der Waals surface area contributed by atoms with E-state index in [1.165, 1.54) is 6.20 Å². The molecule has 0 atom stereocenters. The first-order chi connectivity index (χ1) is 7.69. The number of nitrogens with zero attached hydrogens (tertiary/aromatic N) is 4. The van der Waals surface area contributed by atoms with Gasteiger partial charge in [-0.2, -0.15) is 20.4 Å². The van der Waals surface area contributed by atoms with Gasteiger partial charge in [0.15, 0.2) is 11.5 Å². The van der Waals surface area contributed by atoms with Gasteiger partial charge in [0.05, 0.1) is 11.7 Å². The molecule has 0 aliphatic heterocycles. The zero-order valence-electron chi connectivity index (χ0n) is 9.27. The Morgan fingerprint density at radius 3 is 2.75 bits per heavy atom. The SMILES string of the molecule is CCC(N)(CC)c1noc(-c2cn[nH]n2)n1. The van der Waals surface area contributed by atoms with Crippen molar-refractivity contribution in [2.75, 3.05) is 0 Å². The number of nitrogens with two attached hydrogens (primary N) is 1. The van der Waals surface area contributed by atoms with Crippen LogP contribution in [0.3, 0.4) is 0 Å². The molecule has 2 rings (SSSR count). The molecule has 7 nitrogen and oxygen atoms in total. The van der Waals surface area contributed by atoms with Gasteiger partial charge in [-0.05, 0) is 12.8 Å². The summed E-state index contributed by atoms with van der Waals surface area (Å²) in [4.78, 5) is 4.24. The molecule has 3 N–H and O–H groups in total. The minimum Gasteiger partial charge on any atom is -0.332 e. The Kier molecular flexibility index (Phi) is 2.69. The van der Waals surface area contributed by atoms with E-state index in [0.29, 0.717) is 17.4 Å². The molecule has 0 aromatic carbocycles. The topological polar surface area (TPSA) is 107 Å². The highest BCUT2D eigenvalue weighted by Crippen LogP contribution is 2.24. The molecule has 0 spiro atoms. The first-order valence-corrected chi connectivity index (χ1v) is 5.19. The largest absolute Gasteiger partial charge is 0.332 e. The minimum atomic E-state index is -0.536. The molecule has 0 radical (unpaired) electrons. The molecule has 2 aromatic rings. The summed E-state index contributed by atoms with van der Waals surface area (Å²) in [5.41, 5.74) is 6.14. The summed E-state index contributed by atoms with van der Waals surface area (Å²) in [6.45, 7) is 3.99. The number of aromatic nitrogens is 5. The Morgan fingerprint density at radius 2 is 2.19 bits per heavy atom. The first-order valence-electron chi connectivity index (χ1n) is 5.19. The van der Waals surface area contributed by atoms with Crippen LogP contribution in [-0.2, 0) is 5.54 Å². The van der Waals surface area contributed by atoms with Crippen LogP contribution < -0.4 is 5.73 Å². The van der Waals surface area contributed by atoms with E-state index in [9.17, 15) is 0 Å². The molecule has 7 heteroatoms. The molecule has 0 saturated carbocycles. The molecule has 2 aromatic heterocycles. The Labute approximate surface area is 92.4 Å². The van der Waals surface area contributed by atoms with Gasteiger partial charge in [0.1, 0.15) is 0 Å². The van der Waals surface area contributed by atoms with Gasteiger partial charge in [0, 0.05) is 0 Å². The van der Waals surface area contributed by atoms with E-state index in [2.05, 4.69) is 25.6 Å². The molecule has 0 fully saturated rings. The average Bonchev–Trinajstić information content (AvgIpc) is 2.97.